The maximum Gasteiger partial charge on any atom is 0.220 e. The molecule has 1 unspecified atom stereocenters. The van der Waals surface area contributed by atoms with Crippen molar-refractivity contribution in [2.45, 2.75) is 51.5 Å². The van der Waals surface area contributed by atoms with Crippen molar-refractivity contribution in [1.82, 2.24) is 10.2 Å². The average molecular weight is 255 g/mol. The summed E-state index contributed by atoms with van der Waals surface area (Å²) in [7, 11) is 2.14. The molecule has 1 amide bonds. The van der Waals surface area contributed by atoms with E-state index in [1.165, 1.54) is 12.8 Å². The Morgan fingerprint density at radius 2 is 2.17 bits per heavy atom. The van der Waals surface area contributed by atoms with Gasteiger partial charge in [-0.25, -0.2) is 0 Å². The first-order valence-corrected chi connectivity index (χ1v) is 7.34. The largest absolute Gasteiger partial charge is 0.355 e. The summed E-state index contributed by atoms with van der Waals surface area (Å²) in [6.45, 7) is 4.64. The molecule has 1 aliphatic rings. The smallest absolute Gasteiger partial charge is 0.220 e. The van der Waals surface area contributed by atoms with Gasteiger partial charge in [0.2, 0.25) is 5.91 Å². The molecule has 0 aromatic heterocycles. The lowest BCUT2D eigenvalue weighted by Crippen LogP contribution is -2.34. The molecule has 0 saturated heterocycles. The summed E-state index contributed by atoms with van der Waals surface area (Å²) in [5.41, 5.74) is 5.55. The van der Waals surface area contributed by atoms with Gasteiger partial charge in [0, 0.05) is 25.6 Å². The highest BCUT2D eigenvalue weighted by Crippen LogP contribution is 2.24. The highest BCUT2D eigenvalue weighted by Gasteiger charge is 2.25. The Kier molecular flexibility index (Phi) is 7.28. The first-order valence-electron chi connectivity index (χ1n) is 7.34. The SMILES string of the molecule is CCC(CCN)CCC(=O)NCCN(C)C1CC1. The fourth-order valence-corrected chi connectivity index (χ4v) is 2.28. The summed E-state index contributed by atoms with van der Waals surface area (Å²) >= 11 is 0. The number of carbonyl (C=O) groups excluding carboxylic acids is 1. The van der Waals surface area contributed by atoms with Crippen LogP contribution in [0.5, 0.6) is 0 Å². The fourth-order valence-electron chi connectivity index (χ4n) is 2.28. The monoisotopic (exact) mass is 255 g/mol. The number of hydrogen-bond acceptors (Lipinski definition) is 3. The first kappa shape index (κ1) is 15.4. The fraction of sp³-hybridized carbons (Fsp3) is 0.929. The third-order valence-corrected chi connectivity index (χ3v) is 3.89. The molecule has 1 atom stereocenters. The topological polar surface area (TPSA) is 58.4 Å². The van der Waals surface area contributed by atoms with Crippen LogP contribution in [0.15, 0.2) is 0 Å². The molecule has 0 bridgehead atoms. The Balaban J connectivity index is 2.01. The van der Waals surface area contributed by atoms with Crippen LogP contribution < -0.4 is 11.1 Å². The Hall–Kier alpha value is -0.610. The van der Waals surface area contributed by atoms with Gasteiger partial charge in [0.05, 0.1) is 0 Å². The van der Waals surface area contributed by atoms with E-state index in [9.17, 15) is 4.79 Å². The molecule has 0 aromatic rings. The summed E-state index contributed by atoms with van der Waals surface area (Å²) in [4.78, 5) is 14.0. The van der Waals surface area contributed by atoms with Crippen molar-refractivity contribution in [3.8, 4) is 0 Å². The average Bonchev–Trinajstić information content (AvgIpc) is 3.18. The number of rotatable bonds is 10. The molecule has 0 radical (unpaired) electrons. The van der Waals surface area contributed by atoms with Gasteiger partial charge >= 0.3 is 0 Å². The third kappa shape index (κ3) is 6.36. The zero-order valence-electron chi connectivity index (χ0n) is 12.0. The van der Waals surface area contributed by atoms with E-state index < -0.39 is 0 Å². The van der Waals surface area contributed by atoms with E-state index in [2.05, 4.69) is 24.2 Å². The molecule has 1 rings (SSSR count). The number of carbonyl (C=O) groups is 1. The quantitative estimate of drug-likeness (QED) is 0.619. The van der Waals surface area contributed by atoms with Crippen LogP contribution in [0.3, 0.4) is 0 Å². The Morgan fingerprint density at radius 1 is 1.44 bits per heavy atom. The van der Waals surface area contributed by atoms with Crippen molar-refractivity contribution < 1.29 is 4.79 Å². The molecule has 4 heteroatoms. The summed E-state index contributed by atoms with van der Waals surface area (Å²) in [6.07, 6.45) is 6.41. The highest BCUT2D eigenvalue weighted by atomic mass is 16.1. The molecule has 1 saturated carbocycles. The van der Waals surface area contributed by atoms with E-state index in [1.54, 1.807) is 0 Å². The van der Waals surface area contributed by atoms with Crippen molar-refractivity contribution in [3.63, 3.8) is 0 Å². The van der Waals surface area contributed by atoms with Crippen molar-refractivity contribution >= 4 is 5.91 Å². The molecule has 4 nitrogen and oxygen atoms in total. The number of nitrogens with one attached hydrogen (secondary N) is 1. The van der Waals surface area contributed by atoms with E-state index in [4.69, 9.17) is 5.73 Å². The lowest BCUT2D eigenvalue weighted by molar-refractivity contribution is -0.121. The van der Waals surface area contributed by atoms with Crippen LogP contribution in [0.4, 0.5) is 0 Å². The van der Waals surface area contributed by atoms with Gasteiger partial charge in [-0.15, -0.1) is 0 Å². The van der Waals surface area contributed by atoms with Gasteiger partial charge in [-0.05, 0) is 45.2 Å². The van der Waals surface area contributed by atoms with E-state index in [0.29, 0.717) is 12.3 Å². The van der Waals surface area contributed by atoms with Gasteiger partial charge in [0.25, 0.3) is 0 Å². The van der Waals surface area contributed by atoms with E-state index in [0.717, 1.165) is 44.9 Å². The normalized spacial score (nSPS) is 16.9. The summed E-state index contributed by atoms with van der Waals surface area (Å²) in [6, 6.07) is 0.774. The van der Waals surface area contributed by atoms with Crippen LogP contribution in [0.2, 0.25) is 0 Å². The van der Waals surface area contributed by atoms with Gasteiger partial charge in [0.1, 0.15) is 0 Å². The molecular weight excluding hydrogens is 226 g/mol. The van der Waals surface area contributed by atoms with Crippen molar-refractivity contribution in [2.75, 3.05) is 26.7 Å². The van der Waals surface area contributed by atoms with Gasteiger partial charge in [-0.3, -0.25) is 4.79 Å². The van der Waals surface area contributed by atoms with Gasteiger partial charge in [-0.2, -0.15) is 0 Å². The number of likely N-dealkylation sites (N-methyl/N-ethyl adjacent to an activating group) is 1. The van der Waals surface area contributed by atoms with E-state index >= 15 is 0 Å². The van der Waals surface area contributed by atoms with Crippen molar-refractivity contribution in [3.05, 3.63) is 0 Å². The Labute approximate surface area is 111 Å². The molecule has 0 aromatic carbocycles. The minimum atomic E-state index is 0.190. The van der Waals surface area contributed by atoms with Crippen LogP contribution in [0.25, 0.3) is 0 Å². The van der Waals surface area contributed by atoms with Gasteiger partial charge < -0.3 is 16.0 Å². The van der Waals surface area contributed by atoms with Gasteiger partial charge in [0.15, 0.2) is 0 Å². The van der Waals surface area contributed by atoms with Crippen LogP contribution >= 0.6 is 0 Å². The Bertz CT molecular complexity index is 241. The van der Waals surface area contributed by atoms with Crippen LogP contribution in [-0.2, 0) is 4.79 Å². The number of nitrogens with zero attached hydrogens (tertiary/aromatic N) is 1. The molecule has 3 N–H and O–H groups in total. The number of nitrogens with two attached hydrogens (primary N) is 1. The number of amides is 1. The Morgan fingerprint density at radius 3 is 2.72 bits per heavy atom. The molecule has 18 heavy (non-hydrogen) atoms. The first-order chi connectivity index (χ1) is 8.67. The van der Waals surface area contributed by atoms with Crippen LogP contribution in [0, 0.1) is 5.92 Å². The number of hydrogen-bond donors (Lipinski definition) is 2. The minimum Gasteiger partial charge on any atom is -0.355 e. The standard InChI is InChI=1S/C14H29N3O/c1-3-12(8-9-15)4-7-14(18)16-10-11-17(2)13-5-6-13/h12-13H,3-11,15H2,1-2H3,(H,16,18). The van der Waals surface area contributed by atoms with E-state index in [-0.39, 0.29) is 5.91 Å². The second-order valence-corrected chi connectivity index (χ2v) is 5.45. The summed E-state index contributed by atoms with van der Waals surface area (Å²) < 4.78 is 0. The lowest BCUT2D eigenvalue weighted by atomic mass is 9.96. The minimum absolute atomic E-state index is 0.190. The summed E-state index contributed by atoms with van der Waals surface area (Å²) in [5.74, 6) is 0.796. The maximum absolute atomic E-state index is 11.7. The van der Waals surface area contributed by atoms with Crippen LogP contribution in [0.1, 0.15) is 45.4 Å². The maximum atomic E-state index is 11.7. The molecule has 1 aliphatic carbocycles. The molecule has 1 fully saturated rings. The second kappa shape index (κ2) is 8.48. The van der Waals surface area contributed by atoms with Crippen molar-refractivity contribution in [2.24, 2.45) is 11.7 Å². The van der Waals surface area contributed by atoms with Crippen molar-refractivity contribution in [1.29, 1.82) is 0 Å². The molecular formula is C14H29N3O. The zero-order chi connectivity index (χ0) is 13.4. The lowest BCUT2D eigenvalue weighted by Gasteiger charge is -2.16. The second-order valence-electron chi connectivity index (χ2n) is 5.45. The molecule has 0 spiro atoms. The predicted molar refractivity (Wildman–Crippen MR) is 75.3 cm³/mol. The molecule has 106 valence electrons. The highest BCUT2D eigenvalue weighted by molar-refractivity contribution is 5.75. The van der Waals surface area contributed by atoms with E-state index in [1.807, 2.05) is 0 Å². The predicted octanol–water partition coefficient (Wildman–Crippen LogP) is 1.35. The molecule has 0 heterocycles. The van der Waals surface area contributed by atoms with Gasteiger partial charge in [-0.1, -0.05) is 13.3 Å². The molecule has 0 aliphatic heterocycles. The van der Waals surface area contributed by atoms with Crippen LogP contribution in [-0.4, -0.2) is 43.5 Å². The third-order valence-electron chi connectivity index (χ3n) is 3.89. The summed E-state index contributed by atoms with van der Waals surface area (Å²) in [5, 5.41) is 3.01. The zero-order valence-corrected chi connectivity index (χ0v) is 12.0.